The minimum absolute atomic E-state index is 0.0222. The summed E-state index contributed by atoms with van der Waals surface area (Å²) in [5, 5.41) is 3.31. The minimum atomic E-state index is -2.81. The van der Waals surface area contributed by atoms with E-state index in [0.717, 1.165) is 24.3 Å². The highest BCUT2D eigenvalue weighted by molar-refractivity contribution is 7.85. The number of rotatable bonds is 3. The zero-order chi connectivity index (χ0) is 13.0. The lowest BCUT2D eigenvalue weighted by atomic mass is 10.1. The van der Waals surface area contributed by atoms with Crippen LogP contribution in [0.5, 0.6) is 5.75 Å². The van der Waals surface area contributed by atoms with Gasteiger partial charge >= 0.3 is 6.61 Å². The highest BCUT2D eigenvalue weighted by Crippen LogP contribution is 2.21. The Morgan fingerprint density at radius 1 is 1.33 bits per heavy atom. The van der Waals surface area contributed by atoms with Gasteiger partial charge in [0.25, 0.3) is 0 Å². The molecule has 1 fully saturated rings. The minimum Gasteiger partial charge on any atom is -0.435 e. The predicted octanol–water partition coefficient (Wildman–Crippen LogP) is 2.07. The summed E-state index contributed by atoms with van der Waals surface area (Å²) in [4.78, 5) is 0. The SMILES string of the molecule is O=S1CCCNC(c2ccc(OC(F)F)cc2)C1. The molecular formula is C12H15F2NO2S. The molecule has 2 rings (SSSR count). The van der Waals surface area contributed by atoms with E-state index in [1.807, 2.05) is 0 Å². The van der Waals surface area contributed by atoms with Gasteiger partial charge < -0.3 is 10.1 Å². The normalized spacial score (nSPS) is 24.8. The molecule has 0 bridgehead atoms. The van der Waals surface area contributed by atoms with E-state index in [0.29, 0.717) is 5.75 Å². The molecule has 100 valence electrons. The molecule has 2 unspecified atom stereocenters. The summed E-state index contributed by atoms with van der Waals surface area (Å²) in [6.07, 6.45) is 0.899. The Bertz CT molecular complexity index is 411. The highest BCUT2D eigenvalue weighted by Gasteiger charge is 2.18. The smallest absolute Gasteiger partial charge is 0.387 e. The Morgan fingerprint density at radius 3 is 2.72 bits per heavy atom. The Balaban J connectivity index is 2.05. The number of benzene rings is 1. The fourth-order valence-corrected chi connectivity index (χ4v) is 3.25. The van der Waals surface area contributed by atoms with Crippen molar-refractivity contribution in [2.24, 2.45) is 0 Å². The average Bonchev–Trinajstić information content (AvgIpc) is 2.54. The van der Waals surface area contributed by atoms with E-state index in [1.165, 1.54) is 12.1 Å². The molecule has 6 heteroatoms. The highest BCUT2D eigenvalue weighted by atomic mass is 32.2. The molecule has 1 aromatic carbocycles. The molecule has 3 nitrogen and oxygen atoms in total. The van der Waals surface area contributed by atoms with Crippen molar-refractivity contribution in [2.45, 2.75) is 19.1 Å². The van der Waals surface area contributed by atoms with Crippen molar-refractivity contribution in [3.63, 3.8) is 0 Å². The van der Waals surface area contributed by atoms with Gasteiger partial charge in [0, 0.05) is 28.3 Å². The zero-order valence-electron chi connectivity index (χ0n) is 9.77. The number of hydrogen-bond donors (Lipinski definition) is 1. The summed E-state index contributed by atoms with van der Waals surface area (Å²) in [6.45, 7) is -1.98. The molecule has 0 radical (unpaired) electrons. The lowest BCUT2D eigenvalue weighted by Crippen LogP contribution is -2.23. The van der Waals surface area contributed by atoms with Crippen LogP contribution in [0, 0.1) is 0 Å². The Hall–Kier alpha value is -1.01. The van der Waals surface area contributed by atoms with Crippen molar-refractivity contribution >= 4 is 10.8 Å². The van der Waals surface area contributed by atoms with E-state index in [2.05, 4.69) is 10.1 Å². The van der Waals surface area contributed by atoms with Crippen molar-refractivity contribution in [3.8, 4) is 5.75 Å². The van der Waals surface area contributed by atoms with Crippen LogP contribution in [0.2, 0.25) is 0 Å². The van der Waals surface area contributed by atoms with E-state index in [-0.39, 0.29) is 11.8 Å². The molecule has 0 amide bonds. The van der Waals surface area contributed by atoms with Crippen LogP contribution in [0.25, 0.3) is 0 Å². The monoisotopic (exact) mass is 275 g/mol. The first-order valence-electron chi connectivity index (χ1n) is 5.78. The Kier molecular flexibility index (Phi) is 4.66. The van der Waals surface area contributed by atoms with E-state index in [1.54, 1.807) is 12.1 Å². The topological polar surface area (TPSA) is 38.3 Å². The van der Waals surface area contributed by atoms with Crippen molar-refractivity contribution in [1.82, 2.24) is 5.32 Å². The number of ether oxygens (including phenoxy) is 1. The van der Waals surface area contributed by atoms with Gasteiger partial charge in [0.15, 0.2) is 0 Å². The van der Waals surface area contributed by atoms with E-state index in [4.69, 9.17) is 0 Å². The molecule has 0 spiro atoms. The maximum absolute atomic E-state index is 12.0. The predicted molar refractivity (Wildman–Crippen MR) is 66.3 cm³/mol. The van der Waals surface area contributed by atoms with Crippen molar-refractivity contribution in [1.29, 1.82) is 0 Å². The molecule has 0 aliphatic carbocycles. The zero-order valence-corrected chi connectivity index (χ0v) is 10.6. The van der Waals surface area contributed by atoms with Gasteiger partial charge in [0.05, 0.1) is 0 Å². The van der Waals surface area contributed by atoms with Crippen LogP contribution in [0.4, 0.5) is 8.78 Å². The van der Waals surface area contributed by atoms with Gasteiger partial charge in [-0.05, 0) is 30.7 Å². The fraction of sp³-hybridized carbons (Fsp3) is 0.500. The van der Waals surface area contributed by atoms with Gasteiger partial charge in [-0.3, -0.25) is 4.21 Å². The summed E-state index contributed by atoms with van der Waals surface area (Å²) in [7, 11) is -0.816. The molecule has 1 saturated heterocycles. The molecule has 18 heavy (non-hydrogen) atoms. The molecule has 2 atom stereocenters. The largest absolute Gasteiger partial charge is 0.435 e. The van der Waals surface area contributed by atoms with E-state index in [9.17, 15) is 13.0 Å². The lowest BCUT2D eigenvalue weighted by molar-refractivity contribution is -0.0498. The van der Waals surface area contributed by atoms with Crippen LogP contribution < -0.4 is 10.1 Å². The number of nitrogens with one attached hydrogen (secondary N) is 1. The summed E-state index contributed by atoms with van der Waals surface area (Å²) >= 11 is 0. The van der Waals surface area contributed by atoms with Crippen LogP contribution in [0.1, 0.15) is 18.0 Å². The van der Waals surface area contributed by atoms with Crippen molar-refractivity contribution in [2.75, 3.05) is 18.1 Å². The molecule has 0 aromatic heterocycles. The first kappa shape index (κ1) is 13.4. The van der Waals surface area contributed by atoms with Crippen LogP contribution in [-0.2, 0) is 10.8 Å². The third kappa shape index (κ3) is 3.74. The van der Waals surface area contributed by atoms with Crippen LogP contribution in [-0.4, -0.2) is 28.9 Å². The number of halogens is 2. The Labute approximate surface area is 107 Å². The quantitative estimate of drug-likeness (QED) is 0.917. The molecule has 1 aromatic rings. The second-order valence-electron chi connectivity index (χ2n) is 4.12. The van der Waals surface area contributed by atoms with Crippen molar-refractivity contribution in [3.05, 3.63) is 29.8 Å². The van der Waals surface area contributed by atoms with E-state index >= 15 is 0 Å². The summed E-state index contributed by atoms with van der Waals surface area (Å²) in [5.74, 6) is 1.42. The fourth-order valence-electron chi connectivity index (χ4n) is 1.93. The second-order valence-corrected chi connectivity index (χ2v) is 5.74. The first-order chi connectivity index (χ1) is 8.65. The van der Waals surface area contributed by atoms with Crippen molar-refractivity contribution < 1.29 is 17.7 Å². The molecular weight excluding hydrogens is 260 g/mol. The maximum Gasteiger partial charge on any atom is 0.387 e. The second kappa shape index (κ2) is 6.24. The standard InChI is InChI=1S/C12H15F2NO2S/c13-12(14)17-10-4-2-9(3-5-10)11-8-18(16)7-1-6-15-11/h2-5,11-12,15H,1,6-8H2. The Morgan fingerprint density at radius 2 is 2.06 bits per heavy atom. The molecule has 1 aliphatic rings. The summed E-state index contributed by atoms with van der Waals surface area (Å²) in [6, 6.07) is 6.51. The molecule has 1 heterocycles. The van der Waals surface area contributed by atoms with Gasteiger partial charge in [0.2, 0.25) is 0 Å². The van der Waals surface area contributed by atoms with Gasteiger partial charge in [-0.25, -0.2) is 0 Å². The van der Waals surface area contributed by atoms with Gasteiger partial charge in [-0.15, -0.1) is 0 Å². The van der Waals surface area contributed by atoms with Gasteiger partial charge in [-0.2, -0.15) is 8.78 Å². The summed E-state index contributed by atoms with van der Waals surface area (Å²) < 4.78 is 39.9. The van der Waals surface area contributed by atoms with Crippen LogP contribution in [0.3, 0.4) is 0 Å². The van der Waals surface area contributed by atoms with Gasteiger partial charge in [-0.1, -0.05) is 12.1 Å². The van der Waals surface area contributed by atoms with Crippen LogP contribution >= 0.6 is 0 Å². The maximum atomic E-state index is 12.0. The third-order valence-corrected chi connectivity index (χ3v) is 4.25. The molecule has 1 N–H and O–H groups in total. The third-order valence-electron chi connectivity index (χ3n) is 2.80. The number of alkyl halides is 2. The molecule has 0 saturated carbocycles. The lowest BCUT2D eigenvalue weighted by Gasteiger charge is -2.16. The first-order valence-corrected chi connectivity index (χ1v) is 7.27. The van der Waals surface area contributed by atoms with Crippen LogP contribution in [0.15, 0.2) is 24.3 Å². The number of hydrogen-bond acceptors (Lipinski definition) is 3. The average molecular weight is 275 g/mol. The van der Waals surface area contributed by atoms with Gasteiger partial charge in [0.1, 0.15) is 5.75 Å². The molecule has 1 aliphatic heterocycles. The summed E-state index contributed by atoms with van der Waals surface area (Å²) in [5.41, 5.74) is 0.951. The van der Waals surface area contributed by atoms with E-state index < -0.39 is 17.4 Å².